The van der Waals surface area contributed by atoms with Gasteiger partial charge in [-0.1, -0.05) is 28.3 Å². The van der Waals surface area contributed by atoms with Crippen molar-refractivity contribution in [2.45, 2.75) is 13.3 Å². The third kappa shape index (κ3) is 2.72. The van der Waals surface area contributed by atoms with Gasteiger partial charge in [-0.25, -0.2) is 0 Å². The summed E-state index contributed by atoms with van der Waals surface area (Å²) in [7, 11) is 0. The Bertz CT molecular complexity index is 693. The molecule has 0 saturated carbocycles. The molecule has 1 heterocycles. The minimum atomic E-state index is 0.413. The summed E-state index contributed by atoms with van der Waals surface area (Å²) in [5.41, 5.74) is 11.4. The number of azide groups is 1. The second-order valence-electron chi connectivity index (χ2n) is 3.94. The van der Waals surface area contributed by atoms with E-state index in [1.165, 1.54) is 0 Å². The third-order valence-corrected chi connectivity index (χ3v) is 3.47. The molecule has 1 aromatic carbocycles. The molecule has 2 rings (SSSR count). The maximum Gasteiger partial charge on any atom is 0.0897 e. The van der Waals surface area contributed by atoms with Crippen molar-refractivity contribution in [2.75, 3.05) is 5.88 Å². The van der Waals surface area contributed by atoms with Gasteiger partial charge in [0.1, 0.15) is 0 Å². The van der Waals surface area contributed by atoms with Gasteiger partial charge in [-0.05, 0) is 36.6 Å². The fourth-order valence-corrected chi connectivity index (χ4v) is 2.71. The third-order valence-electron chi connectivity index (χ3n) is 2.77. The number of hydrogen-bond acceptors (Lipinski definition) is 2. The Balaban J connectivity index is 2.93. The van der Waals surface area contributed by atoms with Crippen LogP contribution in [-0.4, -0.2) is 10.9 Å². The van der Waals surface area contributed by atoms with E-state index in [0.717, 1.165) is 11.3 Å². The molecule has 0 saturated heterocycles. The number of rotatable bonds is 3. The Morgan fingerprint density at radius 3 is 2.74 bits per heavy atom. The molecule has 98 valence electrons. The summed E-state index contributed by atoms with van der Waals surface area (Å²) >= 11 is 17.9. The zero-order valence-corrected chi connectivity index (χ0v) is 12.3. The van der Waals surface area contributed by atoms with Gasteiger partial charge in [0.15, 0.2) is 0 Å². The van der Waals surface area contributed by atoms with Gasteiger partial charge < -0.3 is 0 Å². The van der Waals surface area contributed by atoms with Gasteiger partial charge in [-0.2, -0.15) is 0 Å². The normalized spacial score (nSPS) is 10.5. The van der Waals surface area contributed by atoms with Gasteiger partial charge in [-0.3, -0.25) is 4.98 Å². The molecular formula is C12H9Cl3N4. The quantitative estimate of drug-likeness (QED) is 0.316. The molecule has 0 fully saturated rings. The molecule has 19 heavy (non-hydrogen) atoms. The summed E-state index contributed by atoms with van der Waals surface area (Å²) in [6.07, 6.45) is 0.564. The molecule has 0 amide bonds. The summed E-state index contributed by atoms with van der Waals surface area (Å²) in [5.74, 6) is 0.413. The Hall–Kier alpha value is -1.19. The lowest BCUT2D eigenvalue weighted by Gasteiger charge is -2.12. The molecule has 0 aliphatic heterocycles. The molecular weight excluding hydrogens is 307 g/mol. The van der Waals surface area contributed by atoms with Crippen molar-refractivity contribution in [3.63, 3.8) is 0 Å². The number of hydrogen-bond donors (Lipinski definition) is 0. The first kappa shape index (κ1) is 14.2. The highest BCUT2D eigenvalue weighted by Gasteiger charge is 2.14. The maximum atomic E-state index is 8.74. The average Bonchev–Trinajstić information content (AvgIpc) is 2.35. The first-order valence-electron chi connectivity index (χ1n) is 5.47. The van der Waals surface area contributed by atoms with Gasteiger partial charge in [0.05, 0.1) is 16.2 Å². The van der Waals surface area contributed by atoms with Gasteiger partial charge in [0.2, 0.25) is 0 Å². The maximum absolute atomic E-state index is 8.74. The predicted molar refractivity (Wildman–Crippen MR) is 79.7 cm³/mol. The smallest absolute Gasteiger partial charge is 0.0897 e. The Labute approximate surface area is 124 Å². The molecule has 0 atom stereocenters. The van der Waals surface area contributed by atoms with Crippen molar-refractivity contribution in [2.24, 2.45) is 5.11 Å². The van der Waals surface area contributed by atoms with Crippen LogP contribution in [0.3, 0.4) is 0 Å². The van der Waals surface area contributed by atoms with Crippen LogP contribution >= 0.6 is 34.8 Å². The zero-order valence-electron chi connectivity index (χ0n) is 9.99. The minimum absolute atomic E-state index is 0.413. The van der Waals surface area contributed by atoms with Gasteiger partial charge >= 0.3 is 0 Å². The molecule has 0 spiro atoms. The molecule has 0 unspecified atom stereocenters. The Kier molecular flexibility index (Phi) is 4.38. The zero-order chi connectivity index (χ0) is 14.0. The molecule has 1 aromatic heterocycles. The molecule has 0 radical (unpaired) electrons. The van der Waals surface area contributed by atoms with Crippen LogP contribution in [0.1, 0.15) is 11.3 Å². The van der Waals surface area contributed by atoms with Crippen molar-refractivity contribution in [1.29, 1.82) is 0 Å². The number of benzene rings is 1. The van der Waals surface area contributed by atoms with Crippen LogP contribution in [0.25, 0.3) is 21.3 Å². The first-order valence-corrected chi connectivity index (χ1v) is 6.76. The van der Waals surface area contributed by atoms with Gasteiger partial charge in [0, 0.05) is 26.9 Å². The molecule has 4 nitrogen and oxygen atoms in total. The van der Waals surface area contributed by atoms with Crippen molar-refractivity contribution in [1.82, 2.24) is 4.98 Å². The Morgan fingerprint density at radius 1 is 1.37 bits per heavy atom. The van der Waals surface area contributed by atoms with Crippen LogP contribution in [0.5, 0.6) is 0 Å². The summed E-state index contributed by atoms with van der Waals surface area (Å²) in [6, 6.07) is 3.30. The highest BCUT2D eigenvalue weighted by atomic mass is 35.5. The van der Waals surface area contributed by atoms with Crippen LogP contribution in [0.2, 0.25) is 10.0 Å². The fraction of sp³-hybridized carbons (Fsp3) is 0.250. The second kappa shape index (κ2) is 5.85. The molecule has 0 N–H and O–H groups in total. The van der Waals surface area contributed by atoms with Crippen molar-refractivity contribution < 1.29 is 0 Å². The number of nitrogens with zero attached hydrogens (tertiary/aromatic N) is 4. The van der Waals surface area contributed by atoms with Crippen LogP contribution in [0.4, 0.5) is 5.69 Å². The molecule has 0 bridgehead atoms. The lowest BCUT2D eigenvalue weighted by molar-refractivity contribution is 1.07. The number of aryl methyl sites for hydroxylation is 1. The van der Waals surface area contributed by atoms with Gasteiger partial charge in [0.25, 0.3) is 0 Å². The van der Waals surface area contributed by atoms with E-state index in [9.17, 15) is 0 Å². The lowest BCUT2D eigenvalue weighted by Crippen LogP contribution is -1.97. The van der Waals surface area contributed by atoms with Crippen LogP contribution in [0.15, 0.2) is 17.2 Å². The van der Waals surface area contributed by atoms with E-state index in [2.05, 4.69) is 15.0 Å². The number of aromatic nitrogens is 1. The van der Waals surface area contributed by atoms with Crippen molar-refractivity contribution >= 4 is 51.4 Å². The number of fused-ring (bicyclic) bond motifs is 1. The molecule has 2 aromatic rings. The topological polar surface area (TPSA) is 61.7 Å². The van der Waals surface area contributed by atoms with E-state index in [0.29, 0.717) is 38.9 Å². The molecule has 0 aliphatic carbocycles. The standard InChI is InChI=1S/C12H9Cl3N4/c1-6-8(2-3-13)11(18-19-16)9-4-7(14)5-10(15)12(9)17-6/h4-5H,2-3H2,1H3. The van der Waals surface area contributed by atoms with E-state index >= 15 is 0 Å². The SMILES string of the molecule is Cc1nc2c(Cl)cc(Cl)cc2c(N=[N+]=[N-])c1CCCl. The predicted octanol–water partition coefficient (Wildman–Crippen LogP) is 5.57. The fourth-order valence-electron chi connectivity index (χ4n) is 1.98. The summed E-state index contributed by atoms with van der Waals surface area (Å²) in [5, 5.41) is 5.30. The summed E-state index contributed by atoms with van der Waals surface area (Å²) < 4.78 is 0. The monoisotopic (exact) mass is 314 g/mol. The van der Waals surface area contributed by atoms with Crippen molar-refractivity contribution in [3.8, 4) is 0 Å². The molecule has 7 heteroatoms. The van der Waals surface area contributed by atoms with E-state index < -0.39 is 0 Å². The highest BCUT2D eigenvalue weighted by molar-refractivity contribution is 6.38. The van der Waals surface area contributed by atoms with Crippen LogP contribution in [-0.2, 0) is 6.42 Å². The minimum Gasteiger partial charge on any atom is -0.251 e. The van der Waals surface area contributed by atoms with Crippen LogP contribution in [0, 0.1) is 6.92 Å². The second-order valence-corrected chi connectivity index (χ2v) is 5.16. The van der Waals surface area contributed by atoms with E-state index in [4.69, 9.17) is 40.3 Å². The largest absolute Gasteiger partial charge is 0.251 e. The van der Waals surface area contributed by atoms with Gasteiger partial charge in [-0.15, -0.1) is 11.6 Å². The first-order chi connectivity index (χ1) is 9.08. The van der Waals surface area contributed by atoms with E-state index in [1.54, 1.807) is 12.1 Å². The average molecular weight is 316 g/mol. The summed E-state index contributed by atoms with van der Waals surface area (Å²) in [6.45, 7) is 1.84. The summed E-state index contributed by atoms with van der Waals surface area (Å²) in [4.78, 5) is 7.31. The van der Waals surface area contributed by atoms with E-state index in [1.807, 2.05) is 6.92 Å². The number of alkyl halides is 1. The molecule has 0 aliphatic rings. The number of pyridine rings is 1. The number of halogens is 3. The van der Waals surface area contributed by atoms with Crippen molar-refractivity contribution in [3.05, 3.63) is 43.9 Å². The van der Waals surface area contributed by atoms with Crippen LogP contribution < -0.4 is 0 Å². The lowest BCUT2D eigenvalue weighted by atomic mass is 10.0. The Morgan fingerprint density at radius 2 is 2.11 bits per heavy atom. The van der Waals surface area contributed by atoms with E-state index in [-0.39, 0.29) is 0 Å². The highest BCUT2D eigenvalue weighted by Crippen LogP contribution is 2.36.